The van der Waals surface area contributed by atoms with Gasteiger partial charge in [-0.05, 0) is 36.1 Å². The first kappa shape index (κ1) is 25.0. The third-order valence-corrected chi connectivity index (χ3v) is 5.10. The van der Waals surface area contributed by atoms with E-state index in [1.54, 1.807) is 24.3 Å². The number of carbonyl (C=O) groups is 1. The smallest absolute Gasteiger partial charge is 0.251 e. The Labute approximate surface area is 180 Å². The fourth-order valence-corrected chi connectivity index (χ4v) is 3.21. The van der Waals surface area contributed by atoms with E-state index >= 15 is 0 Å². The number of benzene rings is 1. The third kappa shape index (κ3) is 7.75. The molecule has 1 heterocycles. The van der Waals surface area contributed by atoms with Crippen molar-refractivity contribution in [1.82, 2.24) is 5.32 Å². The fourth-order valence-electron chi connectivity index (χ4n) is 3.21. The predicted octanol–water partition coefficient (Wildman–Crippen LogP) is 0.570. The van der Waals surface area contributed by atoms with Crippen molar-refractivity contribution in [2.75, 3.05) is 19.8 Å². The van der Waals surface area contributed by atoms with E-state index in [1.165, 1.54) is 0 Å². The van der Waals surface area contributed by atoms with E-state index < -0.39 is 37.3 Å². The SMILES string of the molecule is [N-]=[N+]=NCc1ccc(C(=O)NCCCCCCO[C@@H]2OC(CO)[C@@H](O)C(O)C2N)cc1. The molecule has 0 spiro atoms. The molecule has 0 radical (unpaired) electrons. The van der Waals surface area contributed by atoms with Gasteiger partial charge in [-0.3, -0.25) is 4.79 Å². The lowest BCUT2D eigenvalue weighted by Gasteiger charge is -2.40. The highest BCUT2D eigenvalue weighted by Crippen LogP contribution is 2.21. The Morgan fingerprint density at radius 1 is 1.19 bits per heavy atom. The summed E-state index contributed by atoms with van der Waals surface area (Å²) in [6, 6.07) is 6.03. The molecular weight excluding hydrogens is 406 g/mol. The molecule has 0 bridgehead atoms. The normalized spacial score (nSPS) is 25.6. The van der Waals surface area contributed by atoms with Crippen LogP contribution in [0.5, 0.6) is 0 Å². The summed E-state index contributed by atoms with van der Waals surface area (Å²) in [5, 5.41) is 35.2. The highest BCUT2D eigenvalue weighted by atomic mass is 16.7. The minimum Gasteiger partial charge on any atom is -0.394 e. The summed E-state index contributed by atoms with van der Waals surface area (Å²) in [5.74, 6) is -0.152. The molecule has 1 amide bonds. The first-order chi connectivity index (χ1) is 15.0. The second kappa shape index (κ2) is 13.2. The van der Waals surface area contributed by atoms with Crippen LogP contribution in [0.4, 0.5) is 0 Å². The van der Waals surface area contributed by atoms with Gasteiger partial charge in [-0.1, -0.05) is 30.1 Å². The summed E-state index contributed by atoms with van der Waals surface area (Å²) in [6.07, 6.45) is -0.938. The summed E-state index contributed by atoms with van der Waals surface area (Å²) in [5.41, 5.74) is 15.5. The number of hydrogen-bond acceptors (Lipinski definition) is 8. The molecule has 0 aliphatic carbocycles. The van der Waals surface area contributed by atoms with Gasteiger partial charge in [0.05, 0.1) is 19.2 Å². The van der Waals surface area contributed by atoms with Gasteiger partial charge in [0.1, 0.15) is 18.3 Å². The molecule has 1 aliphatic rings. The van der Waals surface area contributed by atoms with Crippen molar-refractivity contribution in [1.29, 1.82) is 0 Å². The number of aliphatic hydroxyl groups is 3. The minimum atomic E-state index is -1.24. The van der Waals surface area contributed by atoms with Crippen LogP contribution < -0.4 is 11.1 Å². The number of rotatable bonds is 12. The van der Waals surface area contributed by atoms with Crippen molar-refractivity contribution in [2.45, 2.75) is 62.9 Å². The highest BCUT2D eigenvalue weighted by Gasteiger charge is 2.42. The molecule has 0 saturated carbocycles. The van der Waals surface area contributed by atoms with Gasteiger partial charge in [0, 0.05) is 23.6 Å². The molecule has 1 fully saturated rings. The quantitative estimate of drug-likeness (QED) is 0.137. The molecule has 3 unspecified atom stereocenters. The second-order valence-electron chi connectivity index (χ2n) is 7.41. The van der Waals surface area contributed by atoms with Crippen molar-refractivity contribution in [3.63, 3.8) is 0 Å². The van der Waals surface area contributed by atoms with Crippen LogP contribution in [0, 0.1) is 0 Å². The van der Waals surface area contributed by atoms with Crippen molar-refractivity contribution in [2.24, 2.45) is 10.8 Å². The average Bonchev–Trinajstić information content (AvgIpc) is 2.79. The topological polar surface area (TPSA) is 183 Å². The number of nitrogens with zero attached hydrogens (tertiary/aromatic N) is 3. The summed E-state index contributed by atoms with van der Waals surface area (Å²) in [6.45, 7) is 0.745. The molecule has 1 aliphatic heterocycles. The number of amides is 1. The molecule has 11 nitrogen and oxygen atoms in total. The Morgan fingerprint density at radius 2 is 1.90 bits per heavy atom. The van der Waals surface area contributed by atoms with Crippen LogP contribution >= 0.6 is 0 Å². The molecule has 172 valence electrons. The zero-order chi connectivity index (χ0) is 22.6. The summed E-state index contributed by atoms with van der Waals surface area (Å²) < 4.78 is 11.0. The molecule has 31 heavy (non-hydrogen) atoms. The van der Waals surface area contributed by atoms with Crippen LogP contribution in [0.3, 0.4) is 0 Å². The number of nitrogens with two attached hydrogens (primary N) is 1. The van der Waals surface area contributed by atoms with E-state index in [0.29, 0.717) is 18.7 Å². The molecule has 0 aromatic heterocycles. The van der Waals surface area contributed by atoms with Crippen LogP contribution in [0.2, 0.25) is 0 Å². The fraction of sp³-hybridized carbons (Fsp3) is 0.650. The summed E-state index contributed by atoms with van der Waals surface area (Å²) in [4.78, 5) is 14.8. The average molecular weight is 437 g/mol. The van der Waals surface area contributed by atoms with Crippen LogP contribution in [-0.4, -0.2) is 71.6 Å². The first-order valence-corrected chi connectivity index (χ1v) is 10.4. The van der Waals surface area contributed by atoms with E-state index in [1.807, 2.05) is 0 Å². The van der Waals surface area contributed by atoms with Gasteiger partial charge >= 0.3 is 0 Å². The lowest BCUT2D eigenvalue weighted by molar-refractivity contribution is -0.265. The highest BCUT2D eigenvalue weighted by molar-refractivity contribution is 5.94. The van der Waals surface area contributed by atoms with Crippen LogP contribution in [0.1, 0.15) is 41.6 Å². The first-order valence-electron chi connectivity index (χ1n) is 10.4. The molecule has 6 N–H and O–H groups in total. The lowest BCUT2D eigenvalue weighted by Crippen LogP contribution is -2.62. The number of hydrogen-bond donors (Lipinski definition) is 5. The number of azide groups is 1. The maximum Gasteiger partial charge on any atom is 0.251 e. The maximum absolute atomic E-state index is 12.1. The van der Waals surface area contributed by atoms with Crippen molar-refractivity contribution >= 4 is 5.91 Å². The molecule has 2 rings (SSSR count). The summed E-state index contributed by atoms with van der Waals surface area (Å²) in [7, 11) is 0. The molecule has 5 atom stereocenters. The van der Waals surface area contributed by atoms with Gasteiger partial charge in [-0.15, -0.1) is 0 Å². The third-order valence-electron chi connectivity index (χ3n) is 5.10. The van der Waals surface area contributed by atoms with E-state index in [2.05, 4.69) is 15.3 Å². The molecule has 1 aromatic rings. The van der Waals surface area contributed by atoms with Gasteiger partial charge in [0.15, 0.2) is 6.29 Å². The number of nitrogens with one attached hydrogen (secondary N) is 1. The monoisotopic (exact) mass is 437 g/mol. The number of carbonyl (C=O) groups excluding carboxylic acids is 1. The molecule has 11 heteroatoms. The van der Waals surface area contributed by atoms with Gasteiger partial charge in [0.2, 0.25) is 0 Å². The Kier molecular flexibility index (Phi) is 10.7. The van der Waals surface area contributed by atoms with Crippen molar-refractivity contribution < 1.29 is 29.6 Å². The van der Waals surface area contributed by atoms with Gasteiger partial charge < -0.3 is 35.8 Å². The lowest BCUT2D eigenvalue weighted by atomic mass is 9.98. The Bertz CT molecular complexity index is 725. The number of ether oxygens (including phenoxy) is 2. The van der Waals surface area contributed by atoms with Gasteiger partial charge in [-0.2, -0.15) is 0 Å². The van der Waals surface area contributed by atoms with Crippen LogP contribution in [-0.2, 0) is 16.0 Å². The molecule has 1 aromatic carbocycles. The van der Waals surface area contributed by atoms with E-state index in [4.69, 9.17) is 20.7 Å². The largest absolute Gasteiger partial charge is 0.394 e. The zero-order valence-electron chi connectivity index (χ0n) is 17.3. The minimum absolute atomic E-state index is 0.152. The van der Waals surface area contributed by atoms with Crippen LogP contribution in [0.25, 0.3) is 10.4 Å². The Balaban J connectivity index is 1.56. The van der Waals surface area contributed by atoms with E-state index in [-0.39, 0.29) is 12.5 Å². The van der Waals surface area contributed by atoms with Gasteiger partial charge in [-0.25, -0.2) is 0 Å². The summed E-state index contributed by atoms with van der Waals surface area (Å²) >= 11 is 0. The second-order valence-corrected chi connectivity index (χ2v) is 7.41. The standard InChI is InChI=1S/C20H31N5O6/c21-16-18(28)17(27)15(12-26)31-20(16)30-10-4-2-1-3-9-23-19(29)14-7-5-13(6-8-14)11-24-25-22/h5-8,15-18,20,26-28H,1-4,9-12,21H2,(H,23,29)/t15?,16?,17-,18?,20-/m1/s1. The van der Waals surface area contributed by atoms with Crippen molar-refractivity contribution in [3.8, 4) is 0 Å². The molecule has 1 saturated heterocycles. The van der Waals surface area contributed by atoms with Crippen LogP contribution in [0.15, 0.2) is 29.4 Å². The number of aliphatic hydroxyl groups excluding tert-OH is 3. The molecular formula is C20H31N5O6. The van der Waals surface area contributed by atoms with E-state index in [0.717, 1.165) is 31.2 Å². The Hall–Kier alpha value is -2.24. The van der Waals surface area contributed by atoms with Crippen molar-refractivity contribution in [3.05, 3.63) is 45.8 Å². The van der Waals surface area contributed by atoms with E-state index in [9.17, 15) is 20.1 Å². The predicted molar refractivity (Wildman–Crippen MR) is 112 cm³/mol. The Morgan fingerprint density at radius 3 is 2.58 bits per heavy atom. The number of unbranched alkanes of at least 4 members (excludes halogenated alkanes) is 3. The maximum atomic E-state index is 12.1. The zero-order valence-corrected chi connectivity index (χ0v) is 17.3. The van der Waals surface area contributed by atoms with Gasteiger partial charge in [0.25, 0.3) is 5.91 Å².